The van der Waals surface area contributed by atoms with E-state index in [0.717, 1.165) is 61.5 Å². The van der Waals surface area contributed by atoms with Crippen molar-refractivity contribution in [3.05, 3.63) is 200 Å². The first kappa shape index (κ1) is 33.1. The van der Waals surface area contributed by atoms with Crippen LogP contribution in [-0.4, -0.2) is 15.0 Å². The summed E-state index contributed by atoms with van der Waals surface area (Å²) >= 11 is 1.83. The van der Waals surface area contributed by atoms with Crippen LogP contribution in [0.15, 0.2) is 200 Å². The van der Waals surface area contributed by atoms with Gasteiger partial charge in [-0.15, -0.1) is 11.3 Å². The summed E-state index contributed by atoms with van der Waals surface area (Å²) in [5.74, 6) is 0.702. The van der Waals surface area contributed by atoms with Crippen LogP contribution in [0.25, 0.3) is 109 Å². The summed E-state index contributed by atoms with van der Waals surface area (Å²) in [6, 6.07) is 70.7. The van der Waals surface area contributed by atoms with Crippen molar-refractivity contribution in [1.82, 2.24) is 15.0 Å². The quantitative estimate of drug-likeness (QED) is 0.159. The number of pyridine rings is 1. The highest BCUT2D eigenvalue weighted by Crippen LogP contribution is 2.44. The van der Waals surface area contributed by atoms with Crippen LogP contribution in [0.4, 0.5) is 0 Å². The Kier molecular flexibility index (Phi) is 8.01. The topological polar surface area (TPSA) is 38.7 Å². The van der Waals surface area contributed by atoms with Gasteiger partial charge in [0.25, 0.3) is 0 Å². The molecule has 266 valence electrons. The fourth-order valence-corrected chi connectivity index (χ4v) is 9.27. The van der Waals surface area contributed by atoms with Gasteiger partial charge in [-0.05, 0) is 51.9 Å². The molecule has 3 heterocycles. The first-order chi connectivity index (χ1) is 28.2. The molecule has 11 rings (SSSR count). The lowest BCUT2D eigenvalue weighted by Crippen LogP contribution is -1.96. The van der Waals surface area contributed by atoms with Crippen LogP contribution in [0.3, 0.4) is 0 Å². The molecule has 0 N–H and O–H groups in total. The Labute approximate surface area is 334 Å². The minimum atomic E-state index is 0.702. The smallest absolute Gasteiger partial charge is 0.160 e. The van der Waals surface area contributed by atoms with Gasteiger partial charge in [0, 0.05) is 48.5 Å². The van der Waals surface area contributed by atoms with Crippen LogP contribution in [0, 0.1) is 0 Å². The second-order valence-corrected chi connectivity index (χ2v) is 15.4. The summed E-state index contributed by atoms with van der Waals surface area (Å²) in [5.41, 5.74) is 12.6. The van der Waals surface area contributed by atoms with Crippen LogP contribution in [-0.2, 0) is 0 Å². The van der Waals surface area contributed by atoms with Crippen molar-refractivity contribution >= 4 is 53.2 Å². The molecule has 0 radical (unpaired) electrons. The number of aromatic nitrogens is 3. The summed E-state index contributed by atoms with van der Waals surface area (Å²) in [5, 5.41) is 6.13. The van der Waals surface area contributed by atoms with Crippen molar-refractivity contribution in [2.24, 2.45) is 0 Å². The lowest BCUT2D eigenvalue weighted by molar-refractivity contribution is 1.18. The van der Waals surface area contributed by atoms with E-state index in [1.54, 1.807) is 0 Å². The molecule has 0 atom stereocenters. The standard InChI is InChI=1S/C53H33N3S/c1-3-13-34(14-4-1)39-18-11-20-41(31-39)47-33-46(54-53(55-47)38-16-5-2-6-17-38)37-27-25-35(26-28-37)40-19-12-21-42(32-40)50-52-49(44-23-9-10-24-48(44)57-52)45-30-29-36-15-7-8-22-43(36)51(45)56-50/h1-33H. The number of nitrogens with zero attached hydrogens (tertiary/aromatic N) is 3. The van der Waals surface area contributed by atoms with Gasteiger partial charge in [0.1, 0.15) is 0 Å². The first-order valence-electron chi connectivity index (χ1n) is 19.2. The van der Waals surface area contributed by atoms with Gasteiger partial charge < -0.3 is 0 Å². The molecule has 0 saturated heterocycles. The Morgan fingerprint density at radius 1 is 0.333 bits per heavy atom. The van der Waals surface area contributed by atoms with E-state index < -0.39 is 0 Å². The molecule has 3 aromatic heterocycles. The van der Waals surface area contributed by atoms with Crippen molar-refractivity contribution in [3.63, 3.8) is 0 Å². The molecule has 0 aliphatic carbocycles. The molecular weight excluding hydrogens is 711 g/mol. The van der Waals surface area contributed by atoms with E-state index >= 15 is 0 Å². The van der Waals surface area contributed by atoms with Crippen molar-refractivity contribution in [2.75, 3.05) is 0 Å². The zero-order chi connectivity index (χ0) is 37.7. The zero-order valence-corrected chi connectivity index (χ0v) is 31.6. The van der Waals surface area contributed by atoms with Crippen LogP contribution >= 0.6 is 11.3 Å². The maximum absolute atomic E-state index is 5.47. The molecule has 0 spiro atoms. The maximum atomic E-state index is 5.47. The molecule has 8 aromatic carbocycles. The number of benzene rings is 8. The maximum Gasteiger partial charge on any atom is 0.160 e. The molecule has 57 heavy (non-hydrogen) atoms. The van der Waals surface area contributed by atoms with Crippen molar-refractivity contribution < 1.29 is 0 Å². The number of rotatable bonds is 6. The molecular formula is C53H33N3S. The van der Waals surface area contributed by atoms with Crippen LogP contribution in [0.1, 0.15) is 0 Å². The third-order valence-corrected chi connectivity index (χ3v) is 12.1. The molecule has 4 heteroatoms. The van der Waals surface area contributed by atoms with Gasteiger partial charge in [-0.1, -0.05) is 176 Å². The minimum Gasteiger partial charge on any atom is -0.246 e. The summed E-state index contributed by atoms with van der Waals surface area (Å²) in [7, 11) is 0. The predicted octanol–water partition coefficient (Wildman–Crippen LogP) is 14.5. The summed E-state index contributed by atoms with van der Waals surface area (Å²) in [6.07, 6.45) is 0. The second kappa shape index (κ2) is 13.8. The van der Waals surface area contributed by atoms with E-state index in [2.05, 4.69) is 176 Å². The predicted molar refractivity (Wildman–Crippen MR) is 240 cm³/mol. The highest BCUT2D eigenvalue weighted by molar-refractivity contribution is 7.26. The molecule has 11 aromatic rings. The van der Waals surface area contributed by atoms with Crippen LogP contribution in [0.2, 0.25) is 0 Å². The highest BCUT2D eigenvalue weighted by atomic mass is 32.1. The van der Waals surface area contributed by atoms with Gasteiger partial charge >= 0.3 is 0 Å². The third kappa shape index (κ3) is 5.95. The Morgan fingerprint density at radius 2 is 0.895 bits per heavy atom. The van der Waals surface area contributed by atoms with Gasteiger partial charge in [-0.3, -0.25) is 0 Å². The fraction of sp³-hybridized carbons (Fsp3) is 0. The average Bonchev–Trinajstić information content (AvgIpc) is 3.69. The van der Waals surface area contributed by atoms with Gasteiger partial charge in [-0.25, -0.2) is 15.0 Å². The molecule has 0 unspecified atom stereocenters. The molecule has 3 nitrogen and oxygen atoms in total. The average molecular weight is 744 g/mol. The largest absolute Gasteiger partial charge is 0.246 e. The van der Waals surface area contributed by atoms with E-state index in [4.69, 9.17) is 15.0 Å². The van der Waals surface area contributed by atoms with Gasteiger partial charge in [-0.2, -0.15) is 0 Å². The molecule has 0 saturated carbocycles. The van der Waals surface area contributed by atoms with E-state index in [0.29, 0.717) is 5.82 Å². The fourth-order valence-electron chi connectivity index (χ4n) is 8.04. The Balaban J connectivity index is 1.00. The molecule has 0 bridgehead atoms. The monoisotopic (exact) mass is 743 g/mol. The SMILES string of the molecule is c1ccc(-c2cccc(-c3cc(-c4ccc(-c5cccc(-c6nc7c8ccccc8ccc7c7c6sc6ccccc67)c5)cc4)nc(-c4ccccc4)n3)c2)cc1. The minimum absolute atomic E-state index is 0.702. The Bertz CT molecular complexity index is 3280. The van der Waals surface area contributed by atoms with Crippen LogP contribution in [0.5, 0.6) is 0 Å². The second-order valence-electron chi connectivity index (χ2n) is 14.4. The zero-order valence-electron chi connectivity index (χ0n) is 30.8. The van der Waals surface area contributed by atoms with Gasteiger partial charge in [0.05, 0.1) is 27.3 Å². The summed E-state index contributed by atoms with van der Waals surface area (Å²) < 4.78 is 2.49. The highest BCUT2D eigenvalue weighted by Gasteiger charge is 2.18. The summed E-state index contributed by atoms with van der Waals surface area (Å²) in [6.45, 7) is 0. The molecule has 0 fully saturated rings. The number of hydrogen-bond donors (Lipinski definition) is 0. The normalized spacial score (nSPS) is 11.5. The lowest BCUT2D eigenvalue weighted by atomic mass is 9.97. The van der Waals surface area contributed by atoms with Gasteiger partial charge in [0.15, 0.2) is 5.82 Å². The summed E-state index contributed by atoms with van der Waals surface area (Å²) in [4.78, 5) is 15.7. The number of thiophene rings is 1. The van der Waals surface area contributed by atoms with Gasteiger partial charge in [0.2, 0.25) is 0 Å². The third-order valence-electron chi connectivity index (χ3n) is 10.9. The van der Waals surface area contributed by atoms with Crippen molar-refractivity contribution in [2.45, 2.75) is 0 Å². The van der Waals surface area contributed by atoms with E-state index in [1.807, 2.05) is 35.6 Å². The lowest BCUT2D eigenvalue weighted by Gasteiger charge is -2.12. The molecule has 0 amide bonds. The van der Waals surface area contributed by atoms with E-state index in [1.165, 1.54) is 41.9 Å². The van der Waals surface area contributed by atoms with Crippen molar-refractivity contribution in [1.29, 1.82) is 0 Å². The Hall–Kier alpha value is -7.27. The van der Waals surface area contributed by atoms with Crippen molar-refractivity contribution in [3.8, 4) is 67.4 Å². The number of fused-ring (bicyclic) bond motifs is 7. The van der Waals surface area contributed by atoms with E-state index in [9.17, 15) is 0 Å². The van der Waals surface area contributed by atoms with Crippen LogP contribution < -0.4 is 0 Å². The first-order valence-corrected chi connectivity index (χ1v) is 20.0. The molecule has 0 aliphatic rings. The number of hydrogen-bond acceptors (Lipinski definition) is 4. The van der Waals surface area contributed by atoms with E-state index in [-0.39, 0.29) is 0 Å². The molecule has 0 aliphatic heterocycles. The Morgan fingerprint density at radius 3 is 1.67 bits per heavy atom.